The molecular weight excluding hydrogens is 282 g/mol. The van der Waals surface area contributed by atoms with Gasteiger partial charge in [0, 0.05) is 25.4 Å². The molecule has 1 aromatic heterocycles. The van der Waals surface area contributed by atoms with Gasteiger partial charge >= 0.3 is 5.69 Å². The molecule has 0 amide bonds. The molecule has 6 heteroatoms. The highest BCUT2D eigenvalue weighted by atomic mass is 16.6. The number of benzene rings is 1. The van der Waals surface area contributed by atoms with Crippen LogP contribution in [0, 0.1) is 10.1 Å². The van der Waals surface area contributed by atoms with E-state index < -0.39 is 4.92 Å². The molecule has 0 bridgehead atoms. The van der Waals surface area contributed by atoms with E-state index in [0.717, 1.165) is 17.5 Å². The Hall–Kier alpha value is -2.47. The third-order valence-electron chi connectivity index (χ3n) is 3.15. The zero-order valence-electron chi connectivity index (χ0n) is 12.5. The standard InChI is InChI=1S/C16H19N3O3/c1-2-10-22-12-14-7-4-3-6-13(14)11-18-16-15(19(20)21)8-5-9-17-16/h3-9H,2,10-12H2,1H3,(H,17,18). The number of hydrogen-bond donors (Lipinski definition) is 1. The summed E-state index contributed by atoms with van der Waals surface area (Å²) in [4.78, 5) is 14.6. The Kier molecular flexibility index (Phi) is 5.85. The predicted molar refractivity (Wildman–Crippen MR) is 84.6 cm³/mol. The zero-order chi connectivity index (χ0) is 15.8. The Morgan fingerprint density at radius 3 is 2.73 bits per heavy atom. The van der Waals surface area contributed by atoms with E-state index in [0.29, 0.717) is 19.8 Å². The van der Waals surface area contributed by atoms with Crippen LogP contribution < -0.4 is 5.32 Å². The number of pyridine rings is 1. The van der Waals surface area contributed by atoms with Crippen LogP contribution in [-0.4, -0.2) is 16.5 Å². The summed E-state index contributed by atoms with van der Waals surface area (Å²) in [6.45, 7) is 3.78. The Bertz CT molecular complexity index is 632. The molecule has 0 aliphatic heterocycles. The van der Waals surface area contributed by atoms with Gasteiger partial charge in [0.1, 0.15) is 0 Å². The summed E-state index contributed by atoms with van der Waals surface area (Å²) in [6, 6.07) is 10.9. The van der Waals surface area contributed by atoms with Crippen LogP contribution in [0.25, 0.3) is 0 Å². The van der Waals surface area contributed by atoms with Gasteiger partial charge in [-0.05, 0) is 23.6 Å². The van der Waals surface area contributed by atoms with Crippen LogP contribution in [0.4, 0.5) is 11.5 Å². The maximum Gasteiger partial charge on any atom is 0.311 e. The van der Waals surface area contributed by atoms with E-state index in [9.17, 15) is 10.1 Å². The first kappa shape index (κ1) is 15.9. The van der Waals surface area contributed by atoms with E-state index in [1.54, 1.807) is 6.07 Å². The van der Waals surface area contributed by atoms with Crippen molar-refractivity contribution in [1.82, 2.24) is 4.98 Å². The normalized spacial score (nSPS) is 10.4. The van der Waals surface area contributed by atoms with E-state index >= 15 is 0 Å². The van der Waals surface area contributed by atoms with Crippen LogP contribution >= 0.6 is 0 Å². The first-order chi connectivity index (χ1) is 10.7. The van der Waals surface area contributed by atoms with Crippen LogP contribution in [-0.2, 0) is 17.9 Å². The second-order valence-electron chi connectivity index (χ2n) is 4.80. The molecule has 0 saturated heterocycles. The second kappa shape index (κ2) is 8.09. The molecule has 1 N–H and O–H groups in total. The number of anilines is 1. The average Bonchev–Trinajstić information content (AvgIpc) is 2.54. The molecule has 2 rings (SSSR count). The van der Waals surface area contributed by atoms with Crippen molar-refractivity contribution in [2.75, 3.05) is 11.9 Å². The van der Waals surface area contributed by atoms with Gasteiger partial charge in [0.15, 0.2) is 0 Å². The van der Waals surface area contributed by atoms with E-state index in [4.69, 9.17) is 4.74 Å². The minimum atomic E-state index is -0.439. The van der Waals surface area contributed by atoms with Crippen LogP contribution in [0.1, 0.15) is 24.5 Å². The van der Waals surface area contributed by atoms with Gasteiger partial charge in [-0.15, -0.1) is 0 Å². The fraction of sp³-hybridized carbons (Fsp3) is 0.312. The topological polar surface area (TPSA) is 77.3 Å². The molecule has 6 nitrogen and oxygen atoms in total. The van der Waals surface area contributed by atoms with E-state index in [-0.39, 0.29) is 11.5 Å². The molecule has 22 heavy (non-hydrogen) atoms. The van der Waals surface area contributed by atoms with E-state index in [1.165, 1.54) is 12.3 Å². The molecule has 0 unspecified atom stereocenters. The molecule has 0 spiro atoms. The minimum absolute atomic E-state index is 0.0257. The summed E-state index contributed by atoms with van der Waals surface area (Å²) in [5, 5.41) is 14.0. The van der Waals surface area contributed by atoms with Gasteiger partial charge in [-0.3, -0.25) is 10.1 Å². The van der Waals surface area contributed by atoms with Crippen molar-refractivity contribution in [3.8, 4) is 0 Å². The summed E-state index contributed by atoms with van der Waals surface area (Å²) in [6.07, 6.45) is 2.51. The lowest BCUT2D eigenvalue weighted by atomic mass is 10.1. The van der Waals surface area contributed by atoms with Gasteiger partial charge in [-0.1, -0.05) is 31.2 Å². The molecule has 2 aromatic rings. The fourth-order valence-electron chi connectivity index (χ4n) is 2.06. The van der Waals surface area contributed by atoms with Crippen molar-refractivity contribution in [2.45, 2.75) is 26.5 Å². The van der Waals surface area contributed by atoms with Crippen molar-refractivity contribution in [1.29, 1.82) is 0 Å². The molecule has 0 aliphatic rings. The summed E-state index contributed by atoms with van der Waals surface area (Å²) < 4.78 is 5.57. The lowest BCUT2D eigenvalue weighted by molar-refractivity contribution is -0.384. The Balaban J connectivity index is 2.07. The molecule has 0 fully saturated rings. The lowest BCUT2D eigenvalue weighted by Crippen LogP contribution is -2.07. The van der Waals surface area contributed by atoms with Gasteiger partial charge in [-0.25, -0.2) is 4.98 Å². The predicted octanol–water partition coefficient (Wildman–Crippen LogP) is 3.53. The quantitative estimate of drug-likeness (QED) is 0.458. The van der Waals surface area contributed by atoms with Gasteiger partial charge in [-0.2, -0.15) is 0 Å². The van der Waals surface area contributed by atoms with Crippen molar-refractivity contribution < 1.29 is 9.66 Å². The van der Waals surface area contributed by atoms with Crippen LogP contribution in [0.2, 0.25) is 0 Å². The maximum atomic E-state index is 11.0. The van der Waals surface area contributed by atoms with Gasteiger partial charge in [0.25, 0.3) is 0 Å². The summed E-state index contributed by atoms with van der Waals surface area (Å²) in [7, 11) is 0. The maximum absolute atomic E-state index is 11.0. The second-order valence-corrected chi connectivity index (χ2v) is 4.80. The SMILES string of the molecule is CCCOCc1ccccc1CNc1ncccc1[N+](=O)[O-]. The Morgan fingerprint density at radius 2 is 2.00 bits per heavy atom. The van der Waals surface area contributed by atoms with E-state index in [2.05, 4.69) is 17.2 Å². The largest absolute Gasteiger partial charge is 0.377 e. The van der Waals surface area contributed by atoms with Crippen LogP contribution in [0.3, 0.4) is 0 Å². The van der Waals surface area contributed by atoms with Crippen LogP contribution in [0.15, 0.2) is 42.6 Å². The van der Waals surface area contributed by atoms with Crippen molar-refractivity contribution in [3.05, 3.63) is 63.8 Å². The number of aromatic nitrogens is 1. The first-order valence-electron chi connectivity index (χ1n) is 7.20. The van der Waals surface area contributed by atoms with E-state index in [1.807, 2.05) is 24.3 Å². The highest BCUT2D eigenvalue weighted by Crippen LogP contribution is 2.21. The average molecular weight is 301 g/mol. The third-order valence-corrected chi connectivity index (χ3v) is 3.15. The van der Waals surface area contributed by atoms with Crippen LogP contribution in [0.5, 0.6) is 0 Å². The van der Waals surface area contributed by atoms with Crippen molar-refractivity contribution in [2.24, 2.45) is 0 Å². The third kappa shape index (κ3) is 4.26. The number of ether oxygens (including phenoxy) is 1. The zero-order valence-corrected chi connectivity index (χ0v) is 12.5. The highest BCUT2D eigenvalue weighted by Gasteiger charge is 2.13. The van der Waals surface area contributed by atoms with Gasteiger partial charge in [0.2, 0.25) is 5.82 Å². The first-order valence-corrected chi connectivity index (χ1v) is 7.20. The molecule has 1 heterocycles. The number of hydrogen-bond acceptors (Lipinski definition) is 5. The number of rotatable bonds is 8. The minimum Gasteiger partial charge on any atom is -0.377 e. The van der Waals surface area contributed by atoms with Crippen molar-refractivity contribution in [3.63, 3.8) is 0 Å². The molecule has 0 saturated carbocycles. The molecular formula is C16H19N3O3. The summed E-state index contributed by atoms with van der Waals surface area (Å²) in [5.74, 6) is 0.275. The number of nitrogens with zero attached hydrogens (tertiary/aromatic N) is 2. The molecule has 0 aliphatic carbocycles. The highest BCUT2D eigenvalue weighted by molar-refractivity contribution is 5.55. The number of nitrogens with one attached hydrogen (secondary N) is 1. The van der Waals surface area contributed by atoms with Gasteiger partial charge < -0.3 is 10.1 Å². The van der Waals surface area contributed by atoms with Gasteiger partial charge in [0.05, 0.1) is 11.5 Å². The fourth-order valence-corrected chi connectivity index (χ4v) is 2.06. The number of nitro groups is 1. The summed E-state index contributed by atoms with van der Waals surface area (Å²) >= 11 is 0. The molecule has 0 radical (unpaired) electrons. The van der Waals surface area contributed by atoms with Crippen molar-refractivity contribution >= 4 is 11.5 Å². The molecule has 1 aromatic carbocycles. The Labute approximate surface area is 129 Å². The monoisotopic (exact) mass is 301 g/mol. The molecule has 0 atom stereocenters. The Morgan fingerprint density at radius 1 is 1.23 bits per heavy atom. The lowest BCUT2D eigenvalue weighted by Gasteiger charge is -2.11. The smallest absolute Gasteiger partial charge is 0.311 e. The molecule has 116 valence electrons. The summed E-state index contributed by atoms with van der Waals surface area (Å²) in [5.41, 5.74) is 2.09.